The van der Waals surface area contributed by atoms with E-state index in [2.05, 4.69) is 5.32 Å². The molecule has 1 saturated heterocycles. The lowest BCUT2D eigenvalue weighted by Gasteiger charge is -2.32. The fourth-order valence-corrected chi connectivity index (χ4v) is 3.45. The van der Waals surface area contributed by atoms with E-state index in [0.29, 0.717) is 5.02 Å². The Bertz CT molecular complexity index is 643. The van der Waals surface area contributed by atoms with Gasteiger partial charge in [-0.15, -0.1) is 0 Å². The molecule has 1 aromatic carbocycles. The van der Waals surface area contributed by atoms with Crippen LogP contribution in [-0.4, -0.2) is 43.0 Å². The Kier molecular flexibility index (Phi) is 6.96. The molecule has 7 heteroatoms. The van der Waals surface area contributed by atoms with E-state index in [4.69, 9.17) is 27.9 Å². The number of hydrogen-bond donors (Lipinski definition) is 1. The highest BCUT2D eigenvalue weighted by Gasteiger charge is 2.31. The molecule has 1 aliphatic rings. The molecule has 5 nitrogen and oxygen atoms in total. The molecule has 1 aromatic rings. The van der Waals surface area contributed by atoms with Gasteiger partial charge in [-0.05, 0) is 37.3 Å². The summed E-state index contributed by atoms with van der Waals surface area (Å²) < 4.78 is 5.22. The van der Waals surface area contributed by atoms with Gasteiger partial charge in [0, 0.05) is 13.1 Å². The molecular weight excluding hydrogens is 363 g/mol. The van der Waals surface area contributed by atoms with E-state index in [1.807, 2.05) is 18.7 Å². The molecule has 1 atom stereocenters. The van der Waals surface area contributed by atoms with Crippen LogP contribution in [0.15, 0.2) is 12.1 Å². The number of carbonyl (C=O) groups is 2. The molecule has 0 aromatic heterocycles. The predicted octanol–water partition coefficient (Wildman–Crippen LogP) is 3.77. The number of piperidine rings is 1. The average molecular weight is 387 g/mol. The zero-order chi connectivity index (χ0) is 18.6. The first-order chi connectivity index (χ1) is 11.9. The van der Waals surface area contributed by atoms with Crippen LogP contribution in [0.3, 0.4) is 0 Å². The van der Waals surface area contributed by atoms with Crippen LogP contribution in [0.1, 0.15) is 43.5 Å². The van der Waals surface area contributed by atoms with Gasteiger partial charge in [-0.3, -0.25) is 9.59 Å². The summed E-state index contributed by atoms with van der Waals surface area (Å²) in [6.07, 6.45) is 3.13. The van der Waals surface area contributed by atoms with Gasteiger partial charge in [-0.2, -0.15) is 0 Å². The van der Waals surface area contributed by atoms with Crippen molar-refractivity contribution in [2.75, 3.05) is 20.2 Å². The Balaban J connectivity index is 2.24. The SMILES string of the molecule is COc1c(Cl)ccc(Cl)c1C(=O)N[C@H](C(=O)N1CCCCC1)C(C)C. The normalized spacial score (nSPS) is 15.8. The summed E-state index contributed by atoms with van der Waals surface area (Å²) in [4.78, 5) is 27.5. The second-order valence-electron chi connectivity index (χ2n) is 6.52. The summed E-state index contributed by atoms with van der Waals surface area (Å²) >= 11 is 12.3. The fourth-order valence-electron chi connectivity index (χ4n) is 2.98. The monoisotopic (exact) mass is 386 g/mol. The Labute approximate surface area is 158 Å². The molecule has 138 valence electrons. The van der Waals surface area contributed by atoms with Gasteiger partial charge in [0.15, 0.2) is 5.75 Å². The number of carbonyl (C=O) groups excluding carboxylic acids is 2. The lowest BCUT2D eigenvalue weighted by atomic mass is 10.0. The van der Waals surface area contributed by atoms with E-state index in [-0.39, 0.29) is 28.2 Å². The van der Waals surface area contributed by atoms with Crippen LogP contribution in [0.2, 0.25) is 10.0 Å². The summed E-state index contributed by atoms with van der Waals surface area (Å²) in [7, 11) is 1.42. The largest absolute Gasteiger partial charge is 0.494 e. The van der Waals surface area contributed by atoms with Crippen LogP contribution in [0.25, 0.3) is 0 Å². The quantitative estimate of drug-likeness (QED) is 0.837. The van der Waals surface area contributed by atoms with Gasteiger partial charge >= 0.3 is 0 Å². The summed E-state index contributed by atoms with van der Waals surface area (Å²) in [5, 5.41) is 3.34. The molecule has 0 spiro atoms. The first-order valence-corrected chi connectivity index (χ1v) is 9.24. The van der Waals surface area contributed by atoms with E-state index in [1.54, 1.807) is 6.07 Å². The molecule has 0 aliphatic carbocycles. The first kappa shape index (κ1) is 19.9. The summed E-state index contributed by atoms with van der Waals surface area (Å²) in [6, 6.07) is 2.49. The third-order valence-corrected chi connectivity index (χ3v) is 4.99. The first-order valence-electron chi connectivity index (χ1n) is 8.48. The fraction of sp³-hybridized carbons (Fsp3) is 0.556. The maximum absolute atomic E-state index is 12.8. The van der Waals surface area contributed by atoms with Crippen LogP contribution in [0, 0.1) is 5.92 Å². The van der Waals surface area contributed by atoms with Gasteiger partial charge < -0.3 is 15.0 Å². The maximum Gasteiger partial charge on any atom is 0.257 e. The molecule has 1 N–H and O–H groups in total. The zero-order valence-electron chi connectivity index (χ0n) is 14.8. The van der Waals surface area contributed by atoms with E-state index in [0.717, 1.165) is 32.4 Å². The summed E-state index contributed by atoms with van der Waals surface area (Å²) in [5.74, 6) is -0.365. The minimum absolute atomic E-state index is 0.0534. The number of likely N-dealkylation sites (tertiary alicyclic amines) is 1. The lowest BCUT2D eigenvalue weighted by molar-refractivity contribution is -0.135. The number of ether oxygens (including phenoxy) is 1. The van der Waals surface area contributed by atoms with Gasteiger partial charge in [0.1, 0.15) is 11.6 Å². The van der Waals surface area contributed by atoms with E-state index in [9.17, 15) is 9.59 Å². The molecule has 1 heterocycles. The number of halogens is 2. The van der Waals surface area contributed by atoms with E-state index >= 15 is 0 Å². The number of methoxy groups -OCH3 is 1. The van der Waals surface area contributed by atoms with Gasteiger partial charge in [0.25, 0.3) is 5.91 Å². The lowest BCUT2D eigenvalue weighted by Crippen LogP contribution is -2.52. The van der Waals surface area contributed by atoms with E-state index < -0.39 is 11.9 Å². The van der Waals surface area contributed by atoms with Crippen molar-refractivity contribution >= 4 is 35.0 Å². The van der Waals surface area contributed by atoms with Crippen molar-refractivity contribution in [3.8, 4) is 5.75 Å². The predicted molar refractivity (Wildman–Crippen MR) is 99.5 cm³/mol. The highest BCUT2D eigenvalue weighted by atomic mass is 35.5. The number of nitrogens with one attached hydrogen (secondary N) is 1. The number of amides is 2. The van der Waals surface area contributed by atoms with Crippen molar-refractivity contribution < 1.29 is 14.3 Å². The second kappa shape index (κ2) is 8.77. The zero-order valence-corrected chi connectivity index (χ0v) is 16.3. The van der Waals surface area contributed by atoms with Gasteiger partial charge in [0.05, 0.1) is 17.2 Å². The molecule has 2 rings (SSSR count). The van der Waals surface area contributed by atoms with Crippen LogP contribution in [0.4, 0.5) is 0 Å². The third-order valence-electron chi connectivity index (χ3n) is 4.38. The van der Waals surface area contributed by atoms with Crippen molar-refractivity contribution in [2.24, 2.45) is 5.92 Å². The third kappa shape index (κ3) is 4.59. The standard InChI is InChI=1S/C18H24Cl2N2O3/c1-11(2)15(18(24)22-9-5-4-6-10-22)21-17(23)14-12(19)7-8-13(20)16(14)25-3/h7-8,11,15H,4-6,9-10H2,1-3H3,(H,21,23)/t15-/m0/s1. The maximum atomic E-state index is 12.8. The summed E-state index contributed by atoms with van der Waals surface area (Å²) in [5.41, 5.74) is 0.147. The number of nitrogens with zero attached hydrogens (tertiary/aromatic N) is 1. The number of hydrogen-bond acceptors (Lipinski definition) is 3. The molecule has 25 heavy (non-hydrogen) atoms. The van der Waals surface area contributed by atoms with Crippen LogP contribution in [-0.2, 0) is 4.79 Å². The Morgan fingerprint density at radius 3 is 2.28 bits per heavy atom. The van der Waals surface area contributed by atoms with Gasteiger partial charge in [0.2, 0.25) is 5.91 Å². The van der Waals surface area contributed by atoms with Crippen LogP contribution < -0.4 is 10.1 Å². The van der Waals surface area contributed by atoms with Crippen molar-refractivity contribution in [1.82, 2.24) is 10.2 Å². The molecular formula is C18H24Cl2N2O3. The van der Waals surface area contributed by atoms with Crippen LogP contribution >= 0.6 is 23.2 Å². The van der Waals surface area contributed by atoms with Crippen molar-refractivity contribution in [3.05, 3.63) is 27.7 Å². The van der Waals surface area contributed by atoms with Crippen molar-refractivity contribution in [1.29, 1.82) is 0 Å². The van der Waals surface area contributed by atoms with Crippen molar-refractivity contribution in [3.63, 3.8) is 0 Å². The number of rotatable bonds is 5. The molecule has 0 radical (unpaired) electrons. The number of benzene rings is 1. The molecule has 0 bridgehead atoms. The van der Waals surface area contributed by atoms with Gasteiger partial charge in [-0.1, -0.05) is 37.0 Å². The molecule has 1 aliphatic heterocycles. The van der Waals surface area contributed by atoms with Crippen molar-refractivity contribution in [2.45, 2.75) is 39.2 Å². The Morgan fingerprint density at radius 1 is 1.12 bits per heavy atom. The topological polar surface area (TPSA) is 58.6 Å². The highest BCUT2D eigenvalue weighted by molar-refractivity contribution is 6.37. The Morgan fingerprint density at radius 2 is 1.72 bits per heavy atom. The average Bonchev–Trinajstić information content (AvgIpc) is 2.61. The molecule has 1 fully saturated rings. The van der Waals surface area contributed by atoms with Gasteiger partial charge in [-0.25, -0.2) is 0 Å². The molecule has 0 unspecified atom stereocenters. The molecule has 0 saturated carbocycles. The highest BCUT2D eigenvalue weighted by Crippen LogP contribution is 2.34. The Hall–Kier alpha value is -1.46. The minimum atomic E-state index is -0.620. The minimum Gasteiger partial charge on any atom is -0.494 e. The summed E-state index contributed by atoms with van der Waals surface area (Å²) in [6.45, 7) is 5.28. The van der Waals surface area contributed by atoms with Crippen LogP contribution in [0.5, 0.6) is 5.75 Å². The van der Waals surface area contributed by atoms with E-state index in [1.165, 1.54) is 13.2 Å². The smallest absolute Gasteiger partial charge is 0.257 e. The second-order valence-corrected chi connectivity index (χ2v) is 7.33. The molecule has 2 amide bonds.